The molecule has 6 nitrogen and oxygen atoms in total. The van der Waals surface area contributed by atoms with Crippen LogP contribution in [-0.2, 0) is 22.4 Å². The average molecular weight is 429 g/mol. The van der Waals surface area contributed by atoms with Crippen molar-refractivity contribution in [3.63, 3.8) is 0 Å². The van der Waals surface area contributed by atoms with Crippen LogP contribution in [0.25, 0.3) is 11.1 Å². The van der Waals surface area contributed by atoms with Crippen LogP contribution in [0.1, 0.15) is 37.8 Å². The molecule has 2 aliphatic heterocycles. The molecule has 3 aliphatic rings. The predicted octanol–water partition coefficient (Wildman–Crippen LogP) is 2.95. The van der Waals surface area contributed by atoms with E-state index in [1.165, 1.54) is 0 Å². The lowest BCUT2D eigenvalue weighted by atomic mass is 9.67. The zero-order chi connectivity index (χ0) is 22.4. The van der Waals surface area contributed by atoms with Crippen LogP contribution >= 0.6 is 0 Å². The molecular formula is C26H28N4O2. The van der Waals surface area contributed by atoms with Crippen molar-refractivity contribution in [2.45, 2.75) is 63.7 Å². The van der Waals surface area contributed by atoms with E-state index >= 15 is 0 Å². The van der Waals surface area contributed by atoms with Gasteiger partial charge in [-0.2, -0.15) is 5.26 Å². The number of hydrogen-bond donors (Lipinski definition) is 2. The number of hydrogen-bond acceptors (Lipinski definition) is 4. The van der Waals surface area contributed by atoms with Crippen molar-refractivity contribution in [3.8, 4) is 17.2 Å². The molecule has 2 aromatic carbocycles. The van der Waals surface area contributed by atoms with Crippen LogP contribution in [0.3, 0.4) is 0 Å². The van der Waals surface area contributed by atoms with Gasteiger partial charge in [0.2, 0.25) is 11.8 Å². The second-order valence-corrected chi connectivity index (χ2v) is 9.46. The first-order valence-corrected chi connectivity index (χ1v) is 11.4. The summed E-state index contributed by atoms with van der Waals surface area (Å²) in [5, 5.41) is 15.7. The van der Waals surface area contributed by atoms with Crippen molar-refractivity contribution in [1.29, 1.82) is 5.26 Å². The zero-order valence-electron chi connectivity index (χ0n) is 18.5. The van der Waals surface area contributed by atoms with Gasteiger partial charge in [-0.15, -0.1) is 0 Å². The number of nitrogens with zero attached hydrogens (tertiary/aromatic N) is 2. The lowest BCUT2D eigenvalue weighted by Gasteiger charge is -2.53. The molecule has 0 radical (unpaired) electrons. The topological polar surface area (TPSA) is 85.2 Å². The zero-order valence-corrected chi connectivity index (χ0v) is 18.5. The lowest BCUT2D eigenvalue weighted by Crippen LogP contribution is -2.71. The van der Waals surface area contributed by atoms with Crippen LogP contribution in [0.5, 0.6) is 0 Å². The SMILES string of the molecule is CC(C)N1C(=O)Cc2ccc(-c3ccc(C[C@@H](C#N)NC(=O)[C@H]4NC5CC[C@@H]54)cc3)cc21. The summed E-state index contributed by atoms with van der Waals surface area (Å²) < 4.78 is 0. The van der Waals surface area contributed by atoms with Gasteiger partial charge in [0.05, 0.1) is 18.5 Å². The molecule has 164 valence electrons. The van der Waals surface area contributed by atoms with Crippen LogP contribution in [-0.4, -0.2) is 36.0 Å². The molecule has 2 fully saturated rings. The van der Waals surface area contributed by atoms with Crippen molar-refractivity contribution in [1.82, 2.24) is 10.6 Å². The summed E-state index contributed by atoms with van der Waals surface area (Å²) in [6.07, 6.45) is 3.19. The molecule has 1 aliphatic carbocycles. The number of fused-ring (bicyclic) bond motifs is 2. The predicted molar refractivity (Wildman–Crippen MR) is 123 cm³/mol. The summed E-state index contributed by atoms with van der Waals surface area (Å²) in [5.74, 6) is 0.538. The Morgan fingerprint density at radius 3 is 2.53 bits per heavy atom. The fourth-order valence-corrected chi connectivity index (χ4v) is 5.16. The molecule has 1 saturated heterocycles. The Morgan fingerprint density at radius 1 is 1.19 bits per heavy atom. The van der Waals surface area contributed by atoms with E-state index in [0.29, 0.717) is 24.8 Å². The summed E-state index contributed by atoms with van der Waals surface area (Å²) >= 11 is 0. The van der Waals surface area contributed by atoms with Crippen molar-refractivity contribution in [2.75, 3.05) is 4.90 Å². The van der Waals surface area contributed by atoms with E-state index in [1.54, 1.807) is 0 Å². The van der Waals surface area contributed by atoms with Crippen LogP contribution in [0.2, 0.25) is 0 Å². The minimum absolute atomic E-state index is 0.0588. The number of carbonyl (C=O) groups excluding carboxylic acids is 2. The molecular weight excluding hydrogens is 400 g/mol. The normalized spacial score (nSPS) is 24.1. The largest absolute Gasteiger partial charge is 0.339 e. The quantitative estimate of drug-likeness (QED) is 0.741. The van der Waals surface area contributed by atoms with E-state index in [0.717, 1.165) is 40.8 Å². The maximum absolute atomic E-state index is 12.5. The van der Waals surface area contributed by atoms with Gasteiger partial charge in [-0.3, -0.25) is 9.59 Å². The van der Waals surface area contributed by atoms with Crippen molar-refractivity contribution >= 4 is 17.5 Å². The molecule has 2 N–H and O–H groups in total. The highest BCUT2D eigenvalue weighted by molar-refractivity contribution is 6.02. The molecule has 6 heteroatoms. The van der Waals surface area contributed by atoms with E-state index in [4.69, 9.17) is 0 Å². The molecule has 5 rings (SSSR count). The summed E-state index contributed by atoms with van der Waals surface area (Å²) in [6, 6.07) is 16.5. The fourth-order valence-electron chi connectivity index (χ4n) is 5.16. The van der Waals surface area contributed by atoms with E-state index in [-0.39, 0.29) is 23.9 Å². The number of anilines is 1. The molecule has 1 unspecified atom stereocenters. The minimum atomic E-state index is -0.542. The van der Waals surface area contributed by atoms with Gasteiger partial charge in [0, 0.05) is 24.2 Å². The van der Waals surface area contributed by atoms with E-state index in [1.807, 2.05) is 49.1 Å². The van der Waals surface area contributed by atoms with Gasteiger partial charge < -0.3 is 15.5 Å². The van der Waals surface area contributed by atoms with Gasteiger partial charge in [-0.1, -0.05) is 36.4 Å². The first kappa shape index (κ1) is 20.7. The molecule has 0 aromatic heterocycles. The highest BCUT2D eigenvalue weighted by atomic mass is 16.2. The highest BCUT2D eigenvalue weighted by Crippen LogP contribution is 2.39. The average Bonchev–Trinajstić information content (AvgIpc) is 3.10. The molecule has 4 atom stereocenters. The third-order valence-electron chi connectivity index (χ3n) is 7.10. The van der Waals surface area contributed by atoms with Gasteiger partial charge in [-0.25, -0.2) is 0 Å². The number of benzene rings is 2. The maximum atomic E-state index is 12.5. The van der Waals surface area contributed by atoms with Crippen molar-refractivity contribution < 1.29 is 9.59 Å². The van der Waals surface area contributed by atoms with Crippen molar-refractivity contribution in [3.05, 3.63) is 53.6 Å². The maximum Gasteiger partial charge on any atom is 0.238 e. The summed E-state index contributed by atoms with van der Waals surface area (Å²) in [6.45, 7) is 4.06. The number of nitriles is 1. The van der Waals surface area contributed by atoms with Crippen molar-refractivity contribution in [2.24, 2.45) is 5.92 Å². The Hall–Kier alpha value is -3.17. The first-order chi connectivity index (χ1) is 15.4. The highest BCUT2D eigenvalue weighted by Gasteiger charge is 2.50. The van der Waals surface area contributed by atoms with Crippen LogP contribution in [0.15, 0.2) is 42.5 Å². The van der Waals surface area contributed by atoms with Gasteiger partial charge in [-0.05, 0) is 60.9 Å². The summed E-state index contributed by atoms with van der Waals surface area (Å²) in [5.41, 5.74) is 5.20. The molecule has 1 saturated carbocycles. The Bertz CT molecular complexity index is 1100. The molecule has 32 heavy (non-hydrogen) atoms. The fraction of sp³-hybridized carbons (Fsp3) is 0.423. The molecule has 2 heterocycles. The summed E-state index contributed by atoms with van der Waals surface area (Å²) in [7, 11) is 0. The number of carbonyl (C=O) groups is 2. The Labute approximate surface area is 188 Å². The number of rotatable bonds is 6. The van der Waals surface area contributed by atoms with Crippen LogP contribution in [0.4, 0.5) is 5.69 Å². The second kappa shape index (κ2) is 8.07. The Morgan fingerprint density at radius 2 is 1.94 bits per heavy atom. The third-order valence-corrected chi connectivity index (χ3v) is 7.10. The standard InChI is InChI=1S/C26H28N4O2/c1-15(2)30-23-12-18(7-8-19(23)13-24(30)31)17-5-3-16(4-6-17)11-20(14-27)28-26(32)25-21-9-10-22(21)29-25/h3-8,12,15,20-22,25,29H,9-11,13H2,1-2H3,(H,28,32)/t20-,21-,22?,25-/m0/s1. The van der Waals surface area contributed by atoms with Crippen LogP contribution < -0.4 is 15.5 Å². The Kier molecular flexibility index (Phi) is 5.22. The number of nitrogens with one attached hydrogen (secondary N) is 2. The van der Waals surface area contributed by atoms with Gasteiger partial charge in [0.25, 0.3) is 0 Å². The number of amides is 2. The molecule has 2 aromatic rings. The molecule has 0 bridgehead atoms. The molecule has 2 amide bonds. The summed E-state index contributed by atoms with van der Waals surface area (Å²) in [4.78, 5) is 26.7. The lowest BCUT2D eigenvalue weighted by molar-refractivity contribution is -0.132. The second-order valence-electron chi connectivity index (χ2n) is 9.46. The Balaban J connectivity index is 1.26. The van der Waals surface area contributed by atoms with E-state index < -0.39 is 6.04 Å². The monoisotopic (exact) mass is 428 g/mol. The van der Waals surface area contributed by atoms with Gasteiger partial charge in [0.15, 0.2) is 0 Å². The minimum Gasteiger partial charge on any atom is -0.339 e. The smallest absolute Gasteiger partial charge is 0.238 e. The number of piperidine rings is 1. The van der Waals surface area contributed by atoms with Gasteiger partial charge >= 0.3 is 0 Å². The first-order valence-electron chi connectivity index (χ1n) is 11.4. The van der Waals surface area contributed by atoms with Gasteiger partial charge in [0.1, 0.15) is 6.04 Å². The van der Waals surface area contributed by atoms with Crippen LogP contribution in [0, 0.1) is 17.2 Å². The third kappa shape index (κ3) is 3.57. The van der Waals surface area contributed by atoms with E-state index in [2.05, 4.69) is 28.8 Å². The molecule has 0 spiro atoms. The van der Waals surface area contributed by atoms with E-state index in [9.17, 15) is 14.9 Å².